The molecule has 0 bridgehead atoms. The number of nitrogens with one attached hydrogen (secondary N) is 1. The predicted octanol–water partition coefficient (Wildman–Crippen LogP) is 4.03. The standard InChI is InChI=1S/C16H15NO2S/c1-3-10-5-4-6-12-13(8-17-15(10)12)16(18)14-7-11(19-2)9-20-14/h4-9,17H,3H2,1-2H3. The van der Waals surface area contributed by atoms with Crippen molar-refractivity contribution in [3.8, 4) is 5.75 Å². The van der Waals surface area contributed by atoms with Crippen LogP contribution in [0.25, 0.3) is 10.9 Å². The second-order valence-electron chi connectivity index (χ2n) is 4.58. The molecule has 2 heterocycles. The second-order valence-corrected chi connectivity index (χ2v) is 5.49. The van der Waals surface area contributed by atoms with Gasteiger partial charge in [-0.15, -0.1) is 11.3 Å². The normalized spacial score (nSPS) is 10.9. The van der Waals surface area contributed by atoms with Crippen molar-refractivity contribution in [2.75, 3.05) is 7.11 Å². The molecule has 0 unspecified atom stereocenters. The fourth-order valence-corrected chi connectivity index (χ4v) is 3.19. The summed E-state index contributed by atoms with van der Waals surface area (Å²) in [4.78, 5) is 16.5. The summed E-state index contributed by atoms with van der Waals surface area (Å²) in [5.41, 5.74) is 3.01. The van der Waals surface area contributed by atoms with Crippen molar-refractivity contribution < 1.29 is 9.53 Å². The fourth-order valence-electron chi connectivity index (χ4n) is 2.38. The van der Waals surface area contributed by atoms with Crippen LogP contribution in [0.2, 0.25) is 0 Å². The number of para-hydroxylation sites is 1. The Hall–Kier alpha value is -2.07. The Morgan fingerprint density at radius 3 is 2.95 bits per heavy atom. The van der Waals surface area contributed by atoms with Crippen LogP contribution in [-0.2, 0) is 6.42 Å². The number of aryl methyl sites for hydroxylation is 1. The molecule has 4 heteroatoms. The first kappa shape index (κ1) is 12.9. The summed E-state index contributed by atoms with van der Waals surface area (Å²) in [6.07, 6.45) is 2.75. The van der Waals surface area contributed by atoms with Crippen LogP contribution in [0.15, 0.2) is 35.8 Å². The van der Waals surface area contributed by atoms with Crippen LogP contribution in [0, 0.1) is 0 Å². The number of aromatic nitrogens is 1. The number of carbonyl (C=O) groups excluding carboxylic acids is 1. The highest BCUT2D eigenvalue weighted by Crippen LogP contribution is 2.28. The van der Waals surface area contributed by atoms with E-state index in [4.69, 9.17) is 4.74 Å². The third kappa shape index (κ3) is 2.02. The highest BCUT2D eigenvalue weighted by molar-refractivity contribution is 7.12. The third-order valence-corrected chi connectivity index (χ3v) is 4.37. The van der Waals surface area contributed by atoms with Gasteiger partial charge in [-0.25, -0.2) is 0 Å². The molecule has 0 spiro atoms. The molecule has 0 amide bonds. The highest BCUT2D eigenvalue weighted by atomic mass is 32.1. The Bertz CT molecular complexity index is 770. The molecule has 3 aromatic rings. The lowest BCUT2D eigenvalue weighted by atomic mass is 10.0. The molecule has 0 saturated heterocycles. The molecule has 1 N–H and O–H groups in total. The molecule has 3 rings (SSSR count). The van der Waals surface area contributed by atoms with E-state index in [0.29, 0.717) is 4.88 Å². The van der Waals surface area contributed by atoms with Gasteiger partial charge >= 0.3 is 0 Å². The molecule has 0 aliphatic rings. The molecule has 0 fully saturated rings. The summed E-state index contributed by atoms with van der Waals surface area (Å²) < 4.78 is 5.14. The Labute approximate surface area is 121 Å². The third-order valence-electron chi connectivity index (χ3n) is 3.46. The van der Waals surface area contributed by atoms with Crippen LogP contribution < -0.4 is 4.74 Å². The lowest BCUT2D eigenvalue weighted by molar-refractivity contribution is 0.104. The summed E-state index contributed by atoms with van der Waals surface area (Å²) in [6, 6.07) is 7.86. The molecule has 0 saturated carbocycles. The van der Waals surface area contributed by atoms with E-state index in [0.717, 1.165) is 28.6 Å². The minimum atomic E-state index is 0.0396. The number of ketones is 1. The molecule has 1 aromatic carbocycles. The molecule has 0 aliphatic heterocycles. The number of hydrogen-bond acceptors (Lipinski definition) is 3. The minimum absolute atomic E-state index is 0.0396. The van der Waals surface area contributed by atoms with Crippen LogP contribution in [0.4, 0.5) is 0 Å². The average molecular weight is 285 g/mol. The molecule has 0 atom stereocenters. The number of ether oxygens (including phenoxy) is 1. The molecule has 0 aliphatic carbocycles. The Morgan fingerprint density at radius 2 is 2.25 bits per heavy atom. The Morgan fingerprint density at radius 1 is 1.40 bits per heavy atom. The minimum Gasteiger partial charge on any atom is -0.496 e. The van der Waals surface area contributed by atoms with Gasteiger partial charge in [0, 0.05) is 34.1 Å². The topological polar surface area (TPSA) is 42.1 Å². The van der Waals surface area contributed by atoms with Gasteiger partial charge in [0.15, 0.2) is 0 Å². The number of fused-ring (bicyclic) bond motifs is 1. The van der Waals surface area contributed by atoms with Crippen molar-refractivity contribution >= 4 is 28.0 Å². The van der Waals surface area contributed by atoms with Crippen LogP contribution in [0.1, 0.15) is 27.7 Å². The molecular formula is C16H15NO2S. The molecular weight excluding hydrogens is 270 g/mol. The van der Waals surface area contributed by atoms with Crippen molar-refractivity contribution in [1.82, 2.24) is 4.98 Å². The Balaban J connectivity index is 2.08. The van der Waals surface area contributed by atoms with Crippen LogP contribution in [0.5, 0.6) is 5.75 Å². The van der Waals surface area contributed by atoms with Crippen molar-refractivity contribution in [1.29, 1.82) is 0 Å². The zero-order valence-corrected chi connectivity index (χ0v) is 12.2. The Kier molecular flexibility index (Phi) is 3.32. The number of methoxy groups -OCH3 is 1. The summed E-state index contributed by atoms with van der Waals surface area (Å²) in [5, 5.41) is 2.83. The maximum Gasteiger partial charge on any atom is 0.205 e. The summed E-state index contributed by atoms with van der Waals surface area (Å²) >= 11 is 1.41. The molecule has 3 nitrogen and oxygen atoms in total. The first-order chi connectivity index (χ1) is 9.74. The monoisotopic (exact) mass is 285 g/mol. The summed E-state index contributed by atoms with van der Waals surface area (Å²) in [7, 11) is 1.61. The maximum atomic E-state index is 12.6. The van der Waals surface area contributed by atoms with Crippen LogP contribution in [-0.4, -0.2) is 17.9 Å². The van der Waals surface area contributed by atoms with Gasteiger partial charge in [-0.1, -0.05) is 25.1 Å². The van der Waals surface area contributed by atoms with E-state index >= 15 is 0 Å². The highest BCUT2D eigenvalue weighted by Gasteiger charge is 2.17. The van der Waals surface area contributed by atoms with Gasteiger partial charge in [-0.05, 0) is 12.0 Å². The molecule has 0 radical (unpaired) electrons. The van der Waals surface area contributed by atoms with Gasteiger partial charge in [-0.3, -0.25) is 4.79 Å². The summed E-state index contributed by atoms with van der Waals surface area (Å²) in [5.74, 6) is 0.769. The number of carbonyl (C=O) groups is 1. The van der Waals surface area contributed by atoms with Crippen LogP contribution >= 0.6 is 11.3 Å². The first-order valence-corrected chi connectivity index (χ1v) is 7.38. The van der Waals surface area contributed by atoms with E-state index in [1.54, 1.807) is 19.4 Å². The van der Waals surface area contributed by atoms with E-state index in [9.17, 15) is 4.79 Å². The second kappa shape index (κ2) is 5.13. The van der Waals surface area contributed by atoms with Gasteiger partial charge in [0.2, 0.25) is 5.78 Å². The van der Waals surface area contributed by atoms with Crippen molar-refractivity contribution in [2.45, 2.75) is 13.3 Å². The zero-order chi connectivity index (χ0) is 14.1. The van der Waals surface area contributed by atoms with Crippen molar-refractivity contribution in [3.63, 3.8) is 0 Å². The van der Waals surface area contributed by atoms with Gasteiger partial charge in [0.25, 0.3) is 0 Å². The lowest BCUT2D eigenvalue weighted by Gasteiger charge is -2.00. The first-order valence-electron chi connectivity index (χ1n) is 6.50. The predicted molar refractivity (Wildman–Crippen MR) is 82.0 cm³/mol. The lowest BCUT2D eigenvalue weighted by Crippen LogP contribution is -1.97. The molecule has 2 aromatic heterocycles. The zero-order valence-electron chi connectivity index (χ0n) is 11.4. The van der Waals surface area contributed by atoms with Crippen molar-refractivity contribution in [2.24, 2.45) is 0 Å². The molecule has 102 valence electrons. The van der Waals surface area contributed by atoms with E-state index in [1.165, 1.54) is 16.9 Å². The smallest absolute Gasteiger partial charge is 0.205 e. The van der Waals surface area contributed by atoms with E-state index < -0.39 is 0 Å². The fraction of sp³-hybridized carbons (Fsp3) is 0.188. The maximum absolute atomic E-state index is 12.6. The van der Waals surface area contributed by atoms with E-state index in [1.807, 2.05) is 17.5 Å². The quantitative estimate of drug-likeness (QED) is 0.735. The number of H-pyrrole nitrogens is 1. The summed E-state index contributed by atoms with van der Waals surface area (Å²) in [6.45, 7) is 2.11. The number of aromatic amines is 1. The van der Waals surface area contributed by atoms with E-state index in [2.05, 4.69) is 18.0 Å². The number of benzene rings is 1. The van der Waals surface area contributed by atoms with Crippen molar-refractivity contribution in [3.05, 3.63) is 51.8 Å². The average Bonchev–Trinajstić information content (AvgIpc) is 3.12. The van der Waals surface area contributed by atoms with Gasteiger partial charge in [0.05, 0.1) is 12.0 Å². The van der Waals surface area contributed by atoms with Gasteiger partial charge in [0.1, 0.15) is 5.75 Å². The largest absolute Gasteiger partial charge is 0.496 e. The number of hydrogen-bond donors (Lipinski definition) is 1. The number of thiophene rings is 1. The number of rotatable bonds is 4. The molecule has 20 heavy (non-hydrogen) atoms. The van der Waals surface area contributed by atoms with E-state index in [-0.39, 0.29) is 5.78 Å². The van der Waals surface area contributed by atoms with Gasteiger partial charge < -0.3 is 9.72 Å². The SMILES string of the molecule is CCc1cccc2c(C(=O)c3cc(OC)cs3)c[nH]c12. The van der Waals surface area contributed by atoms with Crippen LogP contribution in [0.3, 0.4) is 0 Å². The van der Waals surface area contributed by atoms with Gasteiger partial charge in [-0.2, -0.15) is 0 Å².